The zero-order valence-electron chi connectivity index (χ0n) is 27.3. The molecule has 1 spiro atoms. The van der Waals surface area contributed by atoms with Crippen LogP contribution in [0.2, 0.25) is 5.02 Å². The van der Waals surface area contributed by atoms with Crippen LogP contribution in [0.25, 0.3) is 22.4 Å². The normalized spacial score (nSPS) is 20.2. The molecule has 0 radical (unpaired) electrons. The fourth-order valence-corrected chi connectivity index (χ4v) is 8.24. The van der Waals surface area contributed by atoms with Crippen molar-refractivity contribution in [1.29, 1.82) is 0 Å². The van der Waals surface area contributed by atoms with Crippen LogP contribution in [0, 0.1) is 16.4 Å². The number of aryl methyl sites for hydroxylation is 1. The van der Waals surface area contributed by atoms with Gasteiger partial charge in [0.25, 0.3) is 11.5 Å². The van der Waals surface area contributed by atoms with Gasteiger partial charge < -0.3 is 25.3 Å². The van der Waals surface area contributed by atoms with Crippen molar-refractivity contribution in [2.24, 2.45) is 7.05 Å². The summed E-state index contributed by atoms with van der Waals surface area (Å²) >= 11 is 9.10. The number of pyridine rings is 2. The van der Waals surface area contributed by atoms with Crippen molar-refractivity contribution in [3.8, 4) is 28.3 Å². The lowest BCUT2D eigenvalue weighted by Crippen LogP contribution is -2.59. The number of halogens is 3. The van der Waals surface area contributed by atoms with Crippen LogP contribution in [0.15, 0.2) is 53.3 Å². The predicted molar refractivity (Wildman–Crippen MR) is 195 cm³/mol. The number of likely N-dealkylation sites (tertiary alicyclic amines) is 1. The number of aromatic nitrogens is 2. The van der Waals surface area contributed by atoms with Crippen LogP contribution >= 0.6 is 34.2 Å². The third-order valence-corrected chi connectivity index (χ3v) is 11.6. The third kappa shape index (κ3) is 5.97. The average Bonchev–Trinajstić information content (AvgIpc) is 3.69. The van der Waals surface area contributed by atoms with E-state index in [-0.39, 0.29) is 28.7 Å². The van der Waals surface area contributed by atoms with Gasteiger partial charge in [0.2, 0.25) is 5.88 Å². The molecule has 3 N–H and O–H groups in total. The summed E-state index contributed by atoms with van der Waals surface area (Å²) in [6.45, 7) is 4.02. The first-order chi connectivity index (χ1) is 23.5. The van der Waals surface area contributed by atoms with E-state index < -0.39 is 17.3 Å². The van der Waals surface area contributed by atoms with Gasteiger partial charge >= 0.3 is 6.03 Å². The number of ether oxygens (including phenoxy) is 1. The third-order valence-electron chi connectivity index (χ3n) is 10.1. The van der Waals surface area contributed by atoms with Gasteiger partial charge in [-0.15, -0.1) is 0 Å². The molecule has 2 atom stereocenters. The first kappa shape index (κ1) is 33.5. The second kappa shape index (κ2) is 13.0. The van der Waals surface area contributed by atoms with Crippen LogP contribution in [-0.4, -0.2) is 58.7 Å². The molecule has 2 aromatic heterocycles. The maximum absolute atomic E-state index is 15.6. The number of nitrogens with zero attached hydrogens (tertiary/aromatic N) is 3. The SMILES string of the molecule is COc1nc(-c2cccc(-c3c(F)ccc(NC(=O)c4ccc(I)n(C)c4=O)c3C)c2Cl)cc2c1[C@@H](N1CC[C@@]3(CCNC(=O)N3)C1)CC2. The number of urea groups is 1. The molecule has 254 valence electrons. The Hall–Kier alpha value is -4.01. The van der Waals surface area contributed by atoms with E-state index in [1.807, 2.05) is 34.7 Å². The summed E-state index contributed by atoms with van der Waals surface area (Å²) in [7, 11) is 3.21. The number of amides is 3. The van der Waals surface area contributed by atoms with Gasteiger partial charge in [-0.3, -0.25) is 14.5 Å². The van der Waals surface area contributed by atoms with E-state index in [1.165, 1.54) is 22.8 Å². The molecule has 0 saturated carbocycles. The number of carbonyl (C=O) groups excluding carboxylic acids is 2. The van der Waals surface area contributed by atoms with E-state index in [4.69, 9.17) is 21.3 Å². The zero-order valence-corrected chi connectivity index (χ0v) is 30.2. The molecule has 2 saturated heterocycles. The minimum absolute atomic E-state index is 0.0191. The standard InChI is InChI=1S/C36H35ClFIN6O4/c1-19-25(41-32(46)23-8-12-28(39)44(2)34(23)47)10-9-24(38)29(19)22-6-4-5-21(31(22)37)26-17-20-7-11-27(30(20)33(42-26)49-3)45-16-14-36(18-45)13-15-40-35(48)43-36/h4-6,8-10,12,17,27H,7,11,13-16,18H2,1-3H3,(H,41,46)(H2,40,43,48)/t27-,36-/m0/s1. The van der Waals surface area contributed by atoms with Crippen molar-refractivity contribution in [3.63, 3.8) is 0 Å². The zero-order chi connectivity index (χ0) is 34.6. The van der Waals surface area contributed by atoms with E-state index in [0.717, 1.165) is 49.9 Å². The second-order valence-corrected chi connectivity index (χ2v) is 14.4. The minimum Gasteiger partial charge on any atom is -0.481 e. The number of nitrogens with one attached hydrogen (secondary N) is 3. The van der Waals surface area contributed by atoms with E-state index >= 15 is 4.39 Å². The second-order valence-electron chi connectivity index (χ2n) is 12.9. The number of fused-ring (bicyclic) bond motifs is 1. The maximum atomic E-state index is 15.6. The Morgan fingerprint density at radius 3 is 2.73 bits per heavy atom. The number of hydrogen-bond acceptors (Lipinski definition) is 6. The molecule has 2 aliphatic heterocycles. The van der Waals surface area contributed by atoms with Crippen LogP contribution in [0.5, 0.6) is 5.88 Å². The molecule has 13 heteroatoms. The van der Waals surface area contributed by atoms with Crippen molar-refractivity contribution in [1.82, 2.24) is 25.1 Å². The van der Waals surface area contributed by atoms with Crippen molar-refractivity contribution < 1.29 is 18.7 Å². The summed E-state index contributed by atoms with van der Waals surface area (Å²) in [5.74, 6) is -0.564. The first-order valence-electron chi connectivity index (χ1n) is 16.1. The summed E-state index contributed by atoms with van der Waals surface area (Å²) in [4.78, 5) is 45.4. The number of hydrogen-bond donors (Lipinski definition) is 3. The Kier molecular flexibility index (Phi) is 8.90. The molecule has 4 heterocycles. The Morgan fingerprint density at radius 2 is 1.96 bits per heavy atom. The molecule has 2 fully saturated rings. The van der Waals surface area contributed by atoms with Crippen molar-refractivity contribution in [2.75, 3.05) is 32.1 Å². The lowest BCUT2D eigenvalue weighted by molar-refractivity contribution is 0.102. The molecule has 1 aliphatic carbocycles. The monoisotopic (exact) mass is 796 g/mol. The Labute approximate surface area is 301 Å². The highest BCUT2D eigenvalue weighted by Gasteiger charge is 2.45. The molecule has 4 aromatic rings. The minimum atomic E-state index is -0.588. The quantitative estimate of drug-likeness (QED) is 0.158. The number of benzene rings is 2. The number of anilines is 1. The summed E-state index contributed by atoms with van der Waals surface area (Å²) in [6, 6.07) is 13.4. The molecule has 2 aromatic carbocycles. The highest BCUT2D eigenvalue weighted by molar-refractivity contribution is 14.1. The Morgan fingerprint density at radius 1 is 1.16 bits per heavy atom. The summed E-state index contributed by atoms with van der Waals surface area (Å²) in [5.41, 5.74) is 4.26. The first-order valence-corrected chi connectivity index (χ1v) is 17.6. The van der Waals surface area contributed by atoms with Gasteiger partial charge in [0, 0.05) is 60.7 Å². The van der Waals surface area contributed by atoms with E-state index in [0.29, 0.717) is 49.2 Å². The summed E-state index contributed by atoms with van der Waals surface area (Å²) in [6.07, 6.45) is 3.52. The van der Waals surface area contributed by atoms with Crippen molar-refractivity contribution in [2.45, 2.75) is 44.2 Å². The maximum Gasteiger partial charge on any atom is 0.315 e. The average molecular weight is 797 g/mol. The molecule has 0 unspecified atom stereocenters. The molecule has 49 heavy (non-hydrogen) atoms. The van der Waals surface area contributed by atoms with Gasteiger partial charge in [0.1, 0.15) is 11.4 Å². The van der Waals surface area contributed by atoms with Crippen molar-refractivity contribution in [3.05, 3.63) is 95.7 Å². The molecular weight excluding hydrogens is 762 g/mol. The molecule has 10 nitrogen and oxygen atoms in total. The Balaban J connectivity index is 1.20. The van der Waals surface area contributed by atoms with Gasteiger partial charge in [0.05, 0.1) is 27.1 Å². The Bertz CT molecular complexity index is 2090. The lowest BCUT2D eigenvalue weighted by Gasteiger charge is -2.36. The van der Waals surface area contributed by atoms with Gasteiger partial charge in [-0.2, -0.15) is 0 Å². The number of carbonyl (C=O) groups is 2. The fourth-order valence-electron chi connectivity index (χ4n) is 7.52. The molecule has 3 aliphatic rings. The van der Waals surface area contributed by atoms with Gasteiger partial charge in [-0.05, 0) is 96.7 Å². The van der Waals surface area contributed by atoms with Crippen LogP contribution in [0.4, 0.5) is 14.9 Å². The largest absolute Gasteiger partial charge is 0.481 e. The smallest absolute Gasteiger partial charge is 0.315 e. The highest BCUT2D eigenvalue weighted by Crippen LogP contribution is 2.46. The van der Waals surface area contributed by atoms with Crippen LogP contribution in [-0.2, 0) is 13.5 Å². The van der Waals surface area contributed by atoms with Crippen LogP contribution in [0.1, 0.15) is 52.4 Å². The molecule has 0 bridgehead atoms. The molecule has 3 amide bonds. The topological polar surface area (TPSA) is 118 Å². The van der Waals surface area contributed by atoms with E-state index in [2.05, 4.69) is 20.9 Å². The van der Waals surface area contributed by atoms with Gasteiger partial charge in [-0.1, -0.05) is 29.8 Å². The number of rotatable bonds is 6. The predicted octanol–water partition coefficient (Wildman–Crippen LogP) is 6.22. The summed E-state index contributed by atoms with van der Waals surface area (Å²) < 4.78 is 23.6. The summed E-state index contributed by atoms with van der Waals surface area (Å²) in [5, 5.41) is 9.13. The van der Waals surface area contributed by atoms with E-state index in [1.54, 1.807) is 39.3 Å². The van der Waals surface area contributed by atoms with Gasteiger partial charge in [-0.25, -0.2) is 14.2 Å². The fraction of sp³-hybridized carbons (Fsp3) is 0.333. The molecular formula is C36H35ClFIN6O4. The highest BCUT2D eigenvalue weighted by atomic mass is 127. The number of methoxy groups -OCH3 is 1. The van der Waals surface area contributed by atoms with Crippen LogP contribution in [0.3, 0.4) is 0 Å². The van der Waals surface area contributed by atoms with E-state index in [9.17, 15) is 14.4 Å². The van der Waals surface area contributed by atoms with Crippen LogP contribution < -0.4 is 26.2 Å². The van der Waals surface area contributed by atoms with Gasteiger partial charge in [0.15, 0.2) is 0 Å². The lowest BCUT2D eigenvalue weighted by atomic mass is 9.93. The van der Waals surface area contributed by atoms with Crippen molar-refractivity contribution >= 4 is 51.8 Å². The molecule has 7 rings (SSSR count).